The highest BCUT2D eigenvalue weighted by Crippen LogP contribution is 2.26. The summed E-state index contributed by atoms with van der Waals surface area (Å²) in [7, 11) is 0. The van der Waals surface area contributed by atoms with E-state index in [1.807, 2.05) is 51.9 Å². The van der Waals surface area contributed by atoms with Crippen LogP contribution in [0.2, 0.25) is 0 Å². The molecule has 0 unspecified atom stereocenters. The van der Waals surface area contributed by atoms with Crippen molar-refractivity contribution in [1.82, 2.24) is 19.5 Å². The fourth-order valence-electron chi connectivity index (χ4n) is 4.25. The summed E-state index contributed by atoms with van der Waals surface area (Å²) >= 11 is 0. The molecule has 1 aliphatic heterocycles. The van der Waals surface area contributed by atoms with E-state index in [1.165, 1.54) is 0 Å². The third-order valence-corrected chi connectivity index (χ3v) is 5.99. The summed E-state index contributed by atoms with van der Waals surface area (Å²) in [4.78, 5) is 27.2. The Balaban J connectivity index is 1.19. The summed E-state index contributed by atoms with van der Waals surface area (Å²) < 4.78 is 7.72. The highest BCUT2D eigenvalue weighted by atomic mass is 16.5. The van der Waals surface area contributed by atoms with Gasteiger partial charge in [0.15, 0.2) is 18.0 Å². The van der Waals surface area contributed by atoms with Crippen molar-refractivity contribution in [2.24, 2.45) is 0 Å². The van der Waals surface area contributed by atoms with Crippen molar-refractivity contribution in [2.45, 2.75) is 18.8 Å². The van der Waals surface area contributed by atoms with Crippen LogP contribution in [0.5, 0.6) is 5.75 Å². The highest BCUT2D eigenvalue weighted by molar-refractivity contribution is 6.08. The fraction of sp³-hybridized carbons (Fsp3) is 0.231. The molecule has 0 radical (unpaired) electrons. The molecule has 1 atom stereocenters. The molecule has 2 aromatic carbocycles. The molecule has 4 aromatic rings. The zero-order valence-corrected chi connectivity index (χ0v) is 18.1. The van der Waals surface area contributed by atoms with E-state index < -0.39 is 0 Å². The van der Waals surface area contributed by atoms with Crippen LogP contribution in [0.4, 0.5) is 0 Å². The van der Waals surface area contributed by atoms with Crippen LogP contribution in [0.25, 0.3) is 5.65 Å². The van der Waals surface area contributed by atoms with Crippen LogP contribution in [0, 0.1) is 0 Å². The number of carbonyl (C=O) groups excluding carboxylic acids is 2. The van der Waals surface area contributed by atoms with Gasteiger partial charge in [0.25, 0.3) is 5.91 Å². The first-order valence-corrected chi connectivity index (χ1v) is 11.1. The van der Waals surface area contributed by atoms with Gasteiger partial charge >= 0.3 is 0 Å². The lowest BCUT2D eigenvalue weighted by Crippen LogP contribution is -2.42. The first-order chi connectivity index (χ1) is 16.2. The lowest BCUT2D eigenvalue weighted by molar-refractivity contribution is -0.134. The zero-order chi connectivity index (χ0) is 22.6. The average Bonchev–Trinajstić information content (AvgIpc) is 3.32. The van der Waals surface area contributed by atoms with Crippen LogP contribution in [0.3, 0.4) is 0 Å². The van der Waals surface area contributed by atoms with Crippen LogP contribution in [0.1, 0.15) is 40.5 Å². The molecule has 1 amide bonds. The van der Waals surface area contributed by atoms with Crippen LogP contribution in [0.15, 0.2) is 79.0 Å². The Bertz CT molecular complexity index is 1270. The van der Waals surface area contributed by atoms with Crippen LogP contribution < -0.4 is 4.74 Å². The van der Waals surface area contributed by atoms with Crippen molar-refractivity contribution in [1.29, 1.82) is 0 Å². The molecule has 3 heterocycles. The van der Waals surface area contributed by atoms with Gasteiger partial charge in [-0.1, -0.05) is 36.4 Å². The minimum Gasteiger partial charge on any atom is -0.484 e. The molecule has 7 nitrogen and oxygen atoms in total. The number of hydrogen-bond donors (Lipinski definition) is 0. The second-order valence-corrected chi connectivity index (χ2v) is 8.17. The maximum absolute atomic E-state index is 12.8. The summed E-state index contributed by atoms with van der Waals surface area (Å²) in [6, 6.07) is 21.9. The Kier molecular flexibility index (Phi) is 5.85. The maximum atomic E-state index is 12.8. The summed E-state index contributed by atoms with van der Waals surface area (Å²) in [6.07, 6.45) is 3.84. The summed E-state index contributed by atoms with van der Waals surface area (Å²) in [5.74, 6) is 1.49. The lowest BCUT2D eigenvalue weighted by Gasteiger charge is -2.31. The molecule has 7 heteroatoms. The van der Waals surface area contributed by atoms with Crippen molar-refractivity contribution in [2.75, 3.05) is 19.7 Å². The molecule has 0 N–H and O–H groups in total. The molecular formula is C26H24N4O3. The van der Waals surface area contributed by atoms with Crippen LogP contribution in [-0.4, -0.2) is 50.9 Å². The van der Waals surface area contributed by atoms with Gasteiger partial charge in [0.05, 0.1) is 0 Å². The largest absolute Gasteiger partial charge is 0.484 e. The molecule has 0 aliphatic carbocycles. The Hall–Kier alpha value is -4.00. The number of rotatable bonds is 6. The van der Waals surface area contributed by atoms with Gasteiger partial charge in [-0.25, -0.2) is 0 Å². The number of aromatic nitrogens is 3. The molecular weight excluding hydrogens is 416 g/mol. The first-order valence-electron chi connectivity index (χ1n) is 11.1. The first kappa shape index (κ1) is 20.9. The number of ether oxygens (including phenoxy) is 1. The predicted octanol–water partition coefficient (Wildman–Crippen LogP) is 3.75. The van der Waals surface area contributed by atoms with E-state index in [-0.39, 0.29) is 24.2 Å². The van der Waals surface area contributed by atoms with Gasteiger partial charge in [-0.2, -0.15) is 0 Å². The molecule has 0 saturated carbocycles. The molecule has 33 heavy (non-hydrogen) atoms. The minimum atomic E-state index is -0.0574. The van der Waals surface area contributed by atoms with E-state index >= 15 is 0 Å². The van der Waals surface area contributed by atoms with Crippen molar-refractivity contribution in [3.05, 3.63) is 95.9 Å². The number of piperidine rings is 1. The van der Waals surface area contributed by atoms with Crippen LogP contribution >= 0.6 is 0 Å². The summed E-state index contributed by atoms with van der Waals surface area (Å²) in [6.45, 7) is 1.27. The molecule has 2 aromatic heterocycles. The predicted molar refractivity (Wildman–Crippen MR) is 123 cm³/mol. The lowest BCUT2D eigenvalue weighted by atomic mass is 9.97. The fourth-order valence-corrected chi connectivity index (χ4v) is 4.25. The number of pyridine rings is 1. The van der Waals surface area contributed by atoms with Gasteiger partial charge in [0.1, 0.15) is 11.6 Å². The maximum Gasteiger partial charge on any atom is 0.260 e. The van der Waals surface area contributed by atoms with Crippen molar-refractivity contribution in [3.63, 3.8) is 0 Å². The average molecular weight is 441 g/mol. The topological polar surface area (TPSA) is 76.8 Å². The quantitative estimate of drug-likeness (QED) is 0.427. The molecule has 5 rings (SSSR count). The van der Waals surface area contributed by atoms with Gasteiger partial charge in [0.2, 0.25) is 0 Å². The summed E-state index contributed by atoms with van der Waals surface area (Å²) in [5, 5.41) is 8.61. The Labute approximate surface area is 191 Å². The van der Waals surface area contributed by atoms with Crippen molar-refractivity contribution in [3.8, 4) is 5.75 Å². The zero-order valence-electron chi connectivity index (χ0n) is 18.1. The number of hydrogen-bond acceptors (Lipinski definition) is 5. The monoisotopic (exact) mass is 440 g/mol. The third-order valence-electron chi connectivity index (χ3n) is 5.99. The second kappa shape index (κ2) is 9.24. The van der Waals surface area contributed by atoms with Gasteiger partial charge in [-0.05, 0) is 49.2 Å². The third kappa shape index (κ3) is 4.48. The van der Waals surface area contributed by atoms with E-state index in [4.69, 9.17) is 4.74 Å². The number of amides is 1. The molecule has 1 fully saturated rings. The Morgan fingerprint density at radius 1 is 0.909 bits per heavy atom. The van der Waals surface area contributed by atoms with Gasteiger partial charge in [0, 0.05) is 36.3 Å². The number of carbonyl (C=O) groups is 2. The van der Waals surface area contributed by atoms with E-state index in [0.29, 0.717) is 30.0 Å². The van der Waals surface area contributed by atoms with Gasteiger partial charge < -0.3 is 9.64 Å². The molecule has 0 spiro atoms. The standard InChI is InChI=1S/C26H24N4O3/c31-24(18-33-22-13-11-20(12-14-22)25(32)19-7-2-1-3-8-19)29-15-6-9-21(17-29)26-28-27-23-10-4-5-16-30(23)26/h1-5,7-8,10-14,16,21H,6,9,15,17-18H2/t21-/m1/s1. The number of nitrogens with zero attached hydrogens (tertiary/aromatic N) is 4. The smallest absolute Gasteiger partial charge is 0.260 e. The molecule has 0 bridgehead atoms. The van der Waals surface area contributed by atoms with Crippen molar-refractivity contribution >= 4 is 17.3 Å². The number of fused-ring (bicyclic) bond motifs is 1. The minimum absolute atomic E-state index is 0.0424. The van der Waals surface area contributed by atoms with Gasteiger partial charge in [-0.15, -0.1) is 10.2 Å². The number of benzene rings is 2. The van der Waals surface area contributed by atoms with E-state index in [9.17, 15) is 9.59 Å². The Morgan fingerprint density at radius 3 is 2.48 bits per heavy atom. The number of ketones is 1. The normalized spacial score (nSPS) is 16.0. The Morgan fingerprint density at radius 2 is 1.67 bits per heavy atom. The van der Waals surface area contributed by atoms with E-state index in [2.05, 4.69) is 10.2 Å². The van der Waals surface area contributed by atoms with E-state index in [1.54, 1.807) is 36.4 Å². The SMILES string of the molecule is O=C(c1ccccc1)c1ccc(OCC(=O)N2CCC[C@@H](c3nnc4ccccn34)C2)cc1. The van der Waals surface area contributed by atoms with E-state index in [0.717, 1.165) is 24.3 Å². The number of likely N-dealkylation sites (tertiary alicyclic amines) is 1. The van der Waals surface area contributed by atoms with Gasteiger partial charge in [-0.3, -0.25) is 14.0 Å². The highest BCUT2D eigenvalue weighted by Gasteiger charge is 2.28. The second-order valence-electron chi connectivity index (χ2n) is 8.17. The summed E-state index contributed by atoms with van der Waals surface area (Å²) in [5.41, 5.74) is 2.04. The van der Waals surface area contributed by atoms with Crippen molar-refractivity contribution < 1.29 is 14.3 Å². The molecule has 1 saturated heterocycles. The van der Waals surface area contributed by atoms with Crippen LogP contribution in [-0.2, 0) is 4.79 Å². The molecule has 166 valence electrons. The molecule has 1 aliphatic rings.